The van der Waals surface area contributed by atoms with Gasteiger partial charge in [0.15, 0.2) is 0 Å². The van der Waals surface area contributed by atoms with Gasteiger partial charge in [-0.1, -0.05) is 27.2 Å². The number of carboxylic acids is 2. The van der Waals surface area contributed by atoms with Gasteiger partial charge in [-0.15, -0.1) is 0 Å². The van der Waals surface area contributed by atoms with Crippen LogP contribution < -0.4 is 34.7 Å². The first-order valence-corrected chi connectivity index (χ1v) is 6.47. The Labute approximate surface area is 141 Å². The molecule has 0 rings (SSSR count). The molecule has 0 radical (unpaired) electrons. The van der Waals surface area contributed by atoms with Gasteiger partial charge in [-0.3, -0.25) is 9.59 Å². The van der Waals surface area contributed by atoms with Gasteiger partial charge in [-0.25, -0.2) is 0 Å². The van der Waals surface area contributed by atoms with E-state index in [0.717, 1.165) is 6.42 Å². The second-order valence-electron chi connectivity index (χ2n) is 4.51. The first kappa shape index (κ1) is 21.7. The normalized spacial score (nSPS) is 14.6. The molecule has 0 bridgehead atoms. The Bertz CT molecular complexity index is 331. The molecule has 0 aliphatic rings. The van der Waals surface area contributed by atoms with Gasteiger partial charge in [-0.2, -0.15) is 0 Å². The summed E-state index contributed by atoms with van der Waals surface area (Å²) in [7, 11) is 0. The van der Waals surface area contributed by atoms with Crippen LogP contribution >= 0.6 is 0 Å². The van der Waals surface area contributed by atoms with E-state index in [1.807, 2.05) is 6.92 Å². The predicted octanol–water partition coefficient (Wildman–Crippen LogP) is -2.55. The monoisotopic (exact) mass is 296 g/mol. The molecule has 0 aliphatic heterocycles. The maximum atomic E-state index is 11.8. The van der Waals surface area contributed by atoms with Gasteiger partial charge >= 0.3 is 41.5 Å². The smallest absolute Gasteiger partial charge is 0.550 e. The largest absolute Gasteiger partial charge is 1.00 e. The minimum Gasteiger partial charge on any atom is -0.550 e. The molecular formula is C13H21NaO6. The summed E-state index contributed by atoms with van der Waals surface area (Å²) in [4.78, 5) is 33.8. The third-order valence-corrected chi connectivity index (χ3v) is 3.12. The third-order valence-electron chi connectivity index (χ3n) is 3.12. The molecule has 7 heteroatoms. The van der Waals surface area contributed by atoms with Crippen LogP contribution in [-0.4, -0.2) is 29.6 Å². The van der Waals surface area contributed by atoms with Crippen LogP contribution in [0.1, 0.15) is 40.0 Å². The summed E-state index contributed by atoms with van der Waals surface area (Å²) in [5, 5.41) is 20.0. The molecule has 6 nitrogen and oxygen atoms in total. The summed E-state index contributed by atoms with van der Waals surface area (Å²) in [6.45, 7) is 5.02. The average Bonchev–Trinajstić information content (AvgIpc) is 2.34. The van der Waals surface area contributed by atoms with Gasteiger partial charge in [0.05, 0.1) is 18.4 Å². The van der Waals surface area contributed by atoms with E-state index in [2.05, 4.69) is 0 Å². The van der Waals surface area contributed by atoms with Crippen molar-refractivity contribution in [1.29, 1.82) is 0 Å². The Morgan fingerprint density at radius 2 is 1.80 bits per heavy atom. The van der Waals surface area contributed by atoms with Crippen molar-refractivity contribution in [1.82, 2.24) is 0 Å². The molecule has 0 amide bonds. The van der Waals surface area contributed by atoms with E-state index in [1.54, 1.807) is 6.92 Å². The molecule has 0 saturated carbocycles. The Hall–Kier alpha value is -0.590. The molecule has 3 atom stereocenters. The van der Waals surface area contributed by atoms with E-state index < -0.39 is 35.7 Å². The molecule has 20 heavy (non-hydrogen) atoms. The Morgan fingerprint density at radius 3 is 2.15 bits per heavy atom. The van der Waals surface area contributed by atoms with Crippen LogP contribution in [0, 0.1) is 17.8 Å². The van der Waals surface area contributed by atoms with Crippen LogP contribution in [0.4, 0.5) is 0 Å². The number of carbonyl (C=O) groups excluding carboxylic acids is 2. The number of ether oxygens (including phenoxy) is 1. The second-order valence-corrected chi connectivity index (χ2v) is 4.51. The molecule has 0 aromatic carbocycles. The van der Waals surface area contributed by atoms with Crippen molar-refractivity contribution in [2.75, 3.05) is 6.61 Å². The summed E-state index contributed by atoms with van der Waals surface area (Å²) in [6.07, 6.45) is 1.73. The number of unbranched alkanes of at least 4 members (excludes halogenated alkanes) is 1. The van der Waals surface area contributed by atoms with Crippen molar-refractivity contribution in [2.45, 2.75) is 40.0 Å². The number of carboxylic acid groups (broad SMARTS) is 2. The molecular weight excluding hydrogens is 275 g/mol. The minimum atomic E-state index is -1.53. The SMILES string of the molecule is CCCCOC(=O)C(CC)C(C(=O)[O-])C(C)C(=O)O.[Na+]. The molecule has 0 aromatic rings. The fraction of sp³-hybridized carbons (Fsp3) is 0.769. The van der Waals surface area contributed by atoms with Crippen molar-refractivity contribution in [3.8, 4) is 0 Å². The number of hydrogen-bond donors (Lipinski definition) is 1. The standard InChI is InChI=1S/C13H22O6.Na/c1-4-6-7-19-13(18)9(5-2)10(12(16)17)8(3)11(14)15;/h8-10H,4-7H2,1-3H3,(H,14,15)(H,16,17);/q;+1/p-1. The quantitative estimate of drug-likeness (QED) is 0.285. The molecule has 0 aliphatic carbocycles. The van der Waals surface area contributed by atoms with Gasteiger partial charge in [0.25, 0.3) is 0 Å². The first-order valence-electron chi connectivity index (χ1n) is 6.47. The molecule has 110 valence electrons. The van der Waals surface area contributed by atoms with E-state index >= 15 is 0 Å². The van der Waals surface area contributed by atoms with Gasteiger partial charge in [0, 0.05) is 11.9 Å². The molecule has 0 saturated heterocycles. The van der Waals surface area contributed by atoms with E-state index in [4.69, 9.17) is 9.84 Å². The third kappa shape index (κ3) is 6.72. The second kappa shape index (κ2) is 11.1. The number of hydrogen-bond acceptors (Lipinski definition) is 5. The number of aliphatic carboxylic acids is 2. The molecule has 0 spiro atoms. The Morgan fingerprint density at radius 1 is 1.25 bits per heavy atom. The summed E-state index contributed by atoms with van der Waals surface area (Å²) in [5.41, 5.74) is 0. The molecule has 1 N–H and O–H groups in total. The van der Waals surface area contributed by atoms with Crippen molar-refractivity contribution >= 4 is 17.9 Å². The van der Waals surface area contributed by atoms with Crippen LogP contribution in [0.5, 0.6) is 0 Å². The van der Waals surface area contributed by atoms with Crippen molar-refractivity contribution in [2.24, 2.45) is 17.8 Å². The van der Waals surface area contributed by atoms with Crippen LogP contribution in [-0.2, 0) is 19.1 Å². The van der Waals surface area contributed by atoms with E-state index in [9.17, 15) is 19.5 Å². The van der Waals surface area contributed by atoms with Crippen LogP contribution in [0.15, 0.2) is 0 Å². The molecule has 0 fully saturated rings. The van der Waals surface area contributed by atoms with E-state index in [1.165, 1.54) is 6.92 Å². The topological polar surface area (TPSA) is 104 Å². The Kier molecular flexibility index (Phi) is 12.1. The summed E-state index contributed by atoms with van der Waals surface area (Å²) >= 11 is 0. The molecule has 3 unspecified atom stereocenters. The van der Waals surface area contributed by atoms with Crippen LogP contribution in [0.2, 0.25) is 0 Å². The molecule has 0 heterocycles. The fourth-order valence-corrected chi connectivity index (χ4v) is 1.86. The maximum absolute atomic E-state index is 11.8. The number of rotatable bonds is 9. The zero-order valence-corrected chi connectivity index (χ0v) is 14.5. The van der Waals surface area contributed by atoms with Gasteiger partial charge in [-0.05, 0) is 12.8 Å². The van der Waals surface area contributed by atoms with Gasteiger partial charge in [0.1, 0.15) is 0 Å². The molecule has 0 aromatic heterocycles. The van der Waals surface area contributed by atoms with E-state index in [0.29, 0.717) is 6.42 Å². The van der Waals surface area contributed by atoms with Crippen molar-refractivity contribution < 1.29 is 58.9 Å². The van der Waals surface area contributed by atoms with Gasteiger partial charge in [0.2, 0.25) is 0 Å². The van der Waals surface area contributed by atoms with Crippen molar-refractivity contribution in [3.05, 3.63) is 0 Å². The Balaban J connectivity index is 0. The predicted molar refractivity (Wildman–Crippen MR) is 64.9 cm³/mol. The van der Waals surface area contributed by atoms with E-state index in [-0.39, 0.29) is 42.6 Å². The van der Waals surface area contributed by atoms with Crippen LogP contribution in [0.25, 0.3) is 0 Å². The zero-order chi connectivity index (χ0) is 15.0. The number of esters is 1. The summed E-state index contributed by atoms with van der Waals surface area (Å²) < 4.78 is 4.97. The number of carbonyl (C=O) groups is 3. The average molecular weight is 296 g/mol. The van der Waals surface area contributed by atoms with Crippen molar-refractivity contribution in [3.63, 3.8) is 0 Å². The van der Waals surface area contributed by atoms with Crippen LogP contribution in [0.3, 0.4) is 0 Å². The minimum absolute atomic E-state index is 0. The van der Waals surface area contributed by atoms with Gasteiger partial charge < -0.3 is 19.7 Å². The first-order chi connectivity index (χ1) is 8.86. The summed E-state index contributed by atoms with van der Waals surface area (Å²) in [5.74, 6) is -7.04. The zero-order valence-electron chi connectivity index (χ0n) is 12.5. The fourth-order valence-electron chi connectivity index (χ4n) is 1.86. The summed E-state index contributed by atoms with van der Waals surface area (Å²) in [6, 6.07) is 0. The maximum Gasteiger partial charge on any atom is 1.00 e.